The highest BCUT2D eigenvalue weighted by Crippen LogP contribution is 2.42. The van der Waals surface area contributed by atoms with Crippen LogP contribution in [0.1, 0.15) is 11.1 Å². The van der Waals surface area contributed by atoms with Crippen molar-refractivity contribution in [1.29, 1.82) is 0 Å². The van der Waals surface area contributed by atoms with E-state index in [0.717, 1.165) is 44.4 Å². The van der Waals surface area contributed by atoms with Gasteiger partial charge in [0.15, 0.2) is 0 Å². The summed E-state index contributed by atoms with van der Waals surface area (Å²) in [5, 5.41) is 1.15. The molecule has 0 radical (unpaired) electrons. The van der Waals surface area contributed by atoms with Gasteiger partial charge in [-0.15, -0.1) is 0 Å². The first kappa shape index (κ1) is 26.3. The zero-order valence-electron chi connectivity index (χ0n) is 22.3. The minimum Gasteiger partial charge on any atom is -0.399 e. The average Bonchev–Trinajstić information content (AvgIpc) is 3.27. The first-order valence-electron chi connectivity index (χ1n) is 13.1. The van der Waals surface area contributed by atoms with E-state index >= 15 is 0 Å². The number of allylic oxidation sites excluding steroid dienone is 5. The third-order valence-corrected chi connectivity index (χ3v) is 8.02. The Morgan fingerprint density at radius 1 is 0.780 bits per heavy atom. The molecule has 0 saturated carbocycles. The van der Waals surface area contributed by atoms with Gasteiger partial charge in [-0.2, -0.15) is 8.42 Å². The summed E-state index contributed by atoms with van der Waals surface area (Å²) in [6, 6.07) is 32.6. The highest BCUT2D eigenvalue weighted by atomic mass is 32.2. The second kappa shape index (κ2) is 10.5. The molecule has 6 nitrogen and oxygen atoms in total. The zero-order valence-corrected chi connectivity index (χ0v) is 23.1. The van der Waals surface area contributed by atoms with Crippen molar-refractivity contribution >= 4 is 43.7 Å². The smallest absolute Gasteiger partial charge is 0.294 e. The Kier molecular flexibility index (Phi) is 6.75. The van der Waals surface area contributed by atoms with Crippen LogP contribution in [-0.2, 0) is 17.2 Å². The van der Waals surface area contributed by atoms with E-state index in [2.05, 4.69) is 77.3 Å². The number of nitrogen functional groups attached to an aromatic ring is 1. The maximum absolute atomic E-state index is 11.4. The second-order valence-electron chi connectivity index (χ2n) is 9.79. The Morgan fingerprint density at radius 2 is 1.41 bits per heavy atom. The largest absolute Gasteiger partial charge is 0.399 e. The van der Waals surface area contributed by atoms with Crippen LogP contribution in [0.2, 0.25) is 0 Å². The maximum atomic E-state index is 11.4. The summed E-state index contributed by atoms with van der Waals surface area (Å²) < 4.78 is 34.2. The summed E-state index contributed by atoms with van der Waals surface area (Å²) >= 11 is 0. The molecule has 202 valence electrons. The molecule has 0 spiro atoms. The van der Waals surface area contributed by atoms with Crippen LogP contribution in [0.15, 0.2) is 143 Å². The van der Waals surface area contributed by atoms with Crippen molar-refractivity contribution in [2.24, 2.45) is 12.0 Å². The Labute approximate surface area is 238 Å². The number of aliphatic imine (C=N–C) groups is 1. The van der Waals surface area contributed by atoms with Crippen molar-refractivity contribution in [3.63, 3.8) is 0 Å². The summed E-state index contributed by atoms with van der Waals surface area (Å²) in [5.41, 5.74) is 15.7. The number of hydrogen-bond acceptors (Lipinski definition) is 4. The van der Waals surface area contributed by atoms with Crippen LogP contribution in [0.5, 0.6) is 0 Å². The number of para-hydroxylation sites is 1. The van der Waals surface area contributed by atoms with E-state index in [1.165, 1.54) is 12.1 Å². The van der Waals surface area contributed by atoms with Crippen LogP contribution in [0.3, 0.4) is 0 Å². The maximum Gasteiger partial charge on any atom is 0.294 e. The fraction of sp³-hybridized carbons (Fsp3) is 0.0294. The van der Waals surface area contributed by atoms with Gasteiger partial charge in [0, 0.05) is 29.2 Å². The van der Waals surface area contributed by atoms with E-state index in [0.29, 0.717) is 17.1 Å². The van der Waals surface area contributed by atoms with Gasteiger partial charge in [0.1, 0.15) is 0 Å². The van der Waals surface area contributed by atoms with Crippen LogP contribution < -0.4 is 5.73 Å². The first-order chi connectivity index (χ1) is 19.8. The molecule has 1 heterocycles. The third-order valence-electron chi connectivity index (χ3n) is 7.15. The molecule has 3 N–H and O–H groups in total. The van der Waals surface area contributed by atoms with Crippen LogP contribution in [-0.4, -0.2) is 23.2 Å². The molecule has 1 aliphatic rings. The second-order valence-corrected chi connectivity index (χ2v) is 11.2. The molecule has 7 heteroatoms. The molecule has 0 atom stereocenters. The summed E-state index contributed by atoms with van der Waals surface area (Å²) in [6.45, 7) is 0. The lowest BCUT2D eigenvalue weighted by atomic mass is 9.87. The van der Waals surface area contributed by atoms with E-state index in [4.69, 9.17) is 5.73 Å². The molecule has 41 heavy (non-hydrogen) atoms. The quantitative estimate of drug-likeness (QED) is 0.174. The number of aromatic nitrogens is 1. The first-order valence-corrected chi connectivity index (χ1v) is 14.5. The van der Waals surface area contributed by atoms with Crippen LogP contribution in [0.25, 0.3) is 27.7 Å². The Balaban J connectivity index is 1.53. The Morgan fingerprint density at radius 3 is 2.07 bits per heavy atom. The molecular formula is C34H27N3O3S. The van der Waals surface area contributed by atoms with Crippen molar-refractivity contribution in [3.8, 4) is 11.3 Å². The molecule has 0 bridgehead atoms. The zero-order chi connectivity index (χ0) is 28.6. The molecule has 0 aliphatic heterocycles. The van der Waals surface area contributed by atoms with E-state index < -0.39 is 10.1 Å². The monoisotopic (exact) mass is 557 g/mol. The van der Waals surface area contributed by atoms with Crippen molar-refractivity contribution in [3.05, 3.63) is 144 Å². The standard InChI is InChI=1S/C34H27N3O3S/c1-37-31-10-6-5-9-30(31)33(34(37)25-7-3-2-4-8-25)32(23-11-15-26(35)16-12-23)24-13-17-27(18-14-24)36-28-19-21-29(22-20-28)41(38,39)40/h2-22H,35H2,1H3,(H,38,39,40). The number of benzene rings is 4. The number of nitrogens with two attached hydrogens (primary N) is 1. The van der Waals surface area contributed by atoms with Gasteiger partial charge in [0.05, 0.1) is 22.0 Å². The van der Waals surface area contributed by atoms with Crippen LogP contribution >= 0.6 is 0 Å². The minimum absolute atomic E-state index is 0.168. The lowest BCUT2D eigenvalue weighted by Gasteiger charge is -2.17. The van der Waals surface area contributed by atoms with E-state index in [1.807, 2.05) is 42.5 Å². The highest BCUT2D eigenvalue weighted by molar-refractivity contribution is 7.85. The normalized spacial score (nSPS) is 13.1. The van der Waals surface area contributed by atoms with Gasteiger partial charge >= 0.3 is 0 Å². The molecule has 0 fully saturated rings. The van der Waals surface area contributed by atoms with Gasteiger partial charge in [-0.3, -0.25) is 4.55 Å². The fourth-order valence-corrected chi connectivity index (χ4v) is 5.71. The van der Waals surface area contributed by atoms with Crippen molar-refractivity contribution in [2.45, 2.75) is 4.90 Å². The number of anilines is 1. The molecule has 0 amide bonds. The molecule has 0 saturated heterocycles. The number of hydrogen-bond donors (Lipinski definition) is 2. The van der Waals surface area contributed by atoms with Gasteiger partial charge in [0.25, 0.3) is 10.1 Å². The lowest BCUT2D eigenvalue weighted by Crippen LogP contribution is -2.00. The van der Waals surface area contributed by atoms with Crippen LogP contribution in [0, 0.1) is 0 Å². The lowest BCUT2D eigenvalue weighted by molar-refractivity contribution is 0.483. The topological polar surface area (TPSA) is 97.7 Å². The number of nitrogens with zero attached hydrogens (tertiary/aromatic N) is 2. The number of aryl methyl sites for hydroxylation is 1. The van der Waals surface area contributed by atoms with Crippen molar-refractivity contribution in [1.82, 2.24) is 4.57 Å². The van der Waals surface area contributed by atoms with Gasteiger partial charge < -0.3 is 10.3 Å². The molecule has 1 aromatic heterocycles. The highest BCUT2D eigenvalue weighted by Gasteiger charge is 2.23. The van der Waals surface area contributed by atoms with E-state index in [-0.39, 0.29) is 4.90 Å². The summed E-state index contributed by atoms with van der Waals surface area (Å²) in [6.07, 6.45) is 7.98. The van der Waals surface area contributed by atoms with Crippen molar-refractivity contribution in [2.75, 3.05) is 5.73 Å². The predicted molar refractivity (Wildman–Crippen MR) is 167 cm³/mol. The van der Waals surface area contributed by atoms with Crippen molar-refractivity contribution < 1.29 is 13.0 Å². The molecule has 5 aromatic rings. The van der Waals surface area contributed by atoms with E-state index in [9.17, 15) is 13.0 Å². The SMILES string of the molecule is Cn1c(-c2ccccc2)c(C(=C2C=CC(=Nc3ccc(S(=O)(=O)O)cc3)C=C2)c2ccc(N)cc2)c2ccccc21. The summed E-state index contributed by atoms with van der Waals surface area (Å²) in [7, 11) is -2.15. The number of rotatable bonds is 5. The average molecular weight is 558 g/mol. The Bertz CT molecular complexity index is 1980. The fourth-order valence-electron chi connectivity index (χ4n) is 5.23. The van der Waals surface area contributed by atoms with Gasteiger partial charge in [-0.25, -0.2) is 4.99 Å². The third kappa shape index (κ3) is 5.16. The molecule has 1 aliphatic carbocycles. The van der Waals surface area contributed by atoms with Crippen LogP contribution in [0.4, 0.5) is 11.4 Å². The molecule has 0 unspecified atom stereocenters. The minimum atomic E-state index is -4.25. The van der Waals surface area contributed by atoms with Gasteiger partial charge in [0.2, 0.25) is 0 Å². The molecule has 6 rings (SSSR count). The number of fused-ring (bicyclic) bond motifs is 1. The van der Waals surface area contributed by atoms with Gasteiger partial charge in [-0.1, -0.05) is 72.8 Å². The molecular weight excluding hydrogens is 530 g/mol. The van der Waals surface area contributed by atoms with E-state index in [1.54, 1.807) is 12.1 Å². The van der Waals surface area contributed by atoms with Gasteiger partial charge in [-0.05, 0) is 76.9 Å². The Hall–Kier alpha value is -4.98. The summed E-state index contributed by atoms with van der Waals surface area (Å²) in [4.78, 5) is 4.47. The summed E-state index contributed by atoms with van der Waals surface area (Å²) in [5.74, 6) is 0. The predicted octanol–water partition coefficient (Wildman–Crippen LogP) is 7.37. The molecule has 4 aromatic carbocycles.